The van der Waals surface area contributed by atoms with Crippen molar-refractivity contribution >= 4 is 17.5 Å². The smallest absolute Gasteiger partial charge is 0.291 e. The number of nitrogens with one attached hydrogen (secondary N) is 1. The van der Waals surface area contributed by atoms with Crippen LogP contribution in [0.2, 0.25) is 0 Å². The molecule has 0 bridgehead atoms. The molecule has 2 aromatic rings. The number of para-hydroxylation sites is 1. The highest BCUT2D eigenvalue weighted by atomic mass is 16.4. The molecule has 2 N–H and O–H groups in total. The maximum atomic E-state index is 12.8. The molecule has 9 nitrogen and oxygen atoms in total. The number of hydrogen-bond acceptors (Lipinski definition) is 7. The highest BCUT2D eigenvalue weighted by Gasteiger charge is 2.30. The monoisotopic (exact) mass is 405 g/mol. The lowest BCUT2D eigenvalue weighted by atomic mass is 9.93. The van der Waals surface area contributed by atoms with Crippen molar-refractivity contribution in [2.45, 2.75) is 26.2 Å². The molecule has 0 unspecified atom stereocenters. The third-order valence-corrected chi connectivity index (χ3v) is 4.77. The quantitative estimate of drug-likeness (QED) is 0.577. The van der Waals surface area contributed by atoms with Gasteiger partial charge in [-0.1, -0.05) is 12.1 Å². The molecule has 2 amide bonds. The number of phenolic OH excluding ortho intramolecular Hbond substituents is 1. The molecule has 0 fully saturated rings. The Morgan fingerprint density at radius 2 is 1.93 bits per heavy atom. The van der Waals surface area contributed by atoms with Crippen LogP contribution in [0.3, 0.4) is 0 Å². The Bertz CT molecular complexity index is 1090. The summed E-state index contributed by atoms with van der Waals surface area (Å²) >= 11 is 0. The van der Waals surface area contributed by atoms with Crippen LogP contribution in [-0.4, -0.2) is 40.6 Å². The zero-order valence-corrected chi connectivity index (χ0v) is 16.3. The van der Waals surface area contributed by atoms with Gasteiger partial charge in [-0.05, 0) is 31.9 Å². The molecule has 0 aliphatic heterocycles. The number of carbonyl (C=O) groups excluding carboxylic acids is 2. The Hall–Kier alpha value is -4.11. The number of aromatic hydroxyl groups is 1. The van der Waals surface area contributed by atoms with Crippen LogP contribution in [0, 0.1) is 29.6 Å². The lowest BCUT2D eigenvalue weighted by Gasteiger charge is -2.14. The first-order valence-electron chi connectivity index (χ1n) is 9.28. The van der Waals surface area contributed by atoms with Gasteiger partial charge in [0, 0.05) is 17.5 Å². The highest BCUT2D eigenvalue weighted by molar-refractivity contribution is 6.07. The van der Waals surface area contributed by atoms with Gasteiger partial charge in [-0.3, -0.25) is 9.59 Å². The first-order valence-corrected chi connectivity index (χ1v) is 9.28. The SMILES string of the molecule is Cc1c(C(=O)N(CC#N)CC#N)oc2c1/C(=N/NC(=O)c1ccccc1O)CCC2. The van der Waals surface area contributed by atoms with E-state index in [1.165, 1.54) is 12.1 Å². The molecule has 1 heterocycles. The molecule has 9 heteroatoms. The Morgan fingerprint density at radius 1 is 1.23 bits per heavy atom. The van der Waals surface area contributed by atoms with E-state index in [2.05, 4.69) is 10.5 Å². The molecule has 1 aliphatic rings. The summed E-state index contributed by atoms with van der Waals surface area (Å²) in [6, 6.07) is 9.87. The molecule has 1 aromatic carbocycles. The number of fused-ring (bicyclic) bond motifs is 1. The predicted octanol–water partition coefficient (Wildman–Crippen LogP) is 2.25. The van der Waals surface area contributed by atoms with Gasteiger partial charge in [0.15, 0.2) is 5.76 Å². The van der Waals surface area contributed by atoms with Crippen LogP contribution in [-0.2, 0) is 6.42 Å². The highest BCUT2D eigenvalue weighted by Crippen LogP contribution is 2.30. The summed E-state index contributed by atoms with van der Waals surface area (Å²) in [4.78, 5) is 26.2. The fourth-order valence-electron chi connectivity index (χ4n) is 3.34. The third-order valence-electron chi connectivity index (χ3n) is 4.77. The zero-order chi connectivity index (χ0) is 21.7. The van der Waals surface area contributed by atoms with Gasteiger partial charge in [0.1, 0.15) is 24.6 Å². The van der Waals surface area contributed by atoms with Crippen molar-refractivity contribution in [2.75, 3.05) is 13.1 Å². The van der Waals surface area contributed by atoms with Gasteiger partial charge in [0.2, 0.25) is 0 Å². The van der Waals surface area contributed by atoms with Crippen LogP contribution >= 0.6 is 0 Å². The fraction of sp³-hybridized carbons (Fsp3) is 0.286. The van der Waals surface area contributed by atoms with Crippen molar-refractivity contribution in [3.8, 4) is 17.9 Å². The van der Waals surface area contributed by atoms with E-state index in [0.717, 1.165) is 11.3 Å². The molecule has 1 aliphatic carbocycles. The fourth-order valence-corrected chi connectivity index (χ4v) is 3.34. The van der Waals surface area contributed by atoms with E-state index < -0.39 is 11.8 Å². The second-order valence-electron chi connectivity index (χ2n) is 6.70. The van der Waals surface area contributed by atoms with E-state index in [1.807, 2.05) is 12.1 Å². The molecular formula is C21H19N5O4. The molecule has 152 valence electrons. The second-order valence-corrected chi connectivity index (χ2v) is 6.70. The molecule has 3 rings (SSSR count). The van der Waals surface area contributed by atoms with Crippen LogP contribution in [0.15, 0.2) is 33.8 Å². The molecule has 30 heavy (non-hydrogen) atoms. The van der Waals surface area contributed by atoms with Crippen LogP contribution in [0.4, 0.5) is 0 Å². The summed E-state index contributed by atoms with van der Waals surface area (Å²) in [6.07, 6.45) is 1.90. The number of furan rings is 1. The number of hydrazone groups is 1. The second kappa shape index (κ2) is 8.93. The van der Waals surface area contributed by atoms with E-state index in [-0.39, 0.29) is 30.2 Å². The van der Waals surface area contributed by atoms with Gasteiger partial charge < -0.3 is 14.4 Å². The number of benzene rings is 1. The minimum absolute atomic E-state index is 0.0622. The summed E-state index contributed by atoms with van der Waals surface area (Å²) in [7, 11) is 0. The van der Waals surface area contributed by atoms with Crippen molar-refractivity contribution < 1.29 is 19.1 Å². The number of nitriles is 2. The Balaban J connectivity index is 1.89. The van der Waals surface area contributed by atoms with E-state index in [4.69, 9.17) is 14.9 Å². The summed E-state index contributed by atoms with van der Waals surface area (Å²) in [5.74, 6) is -0.609. The van der Waals surface area contributed by atoms with E-state index in [1.54, 1.807) is 19.1 Å². The average Bonchev–Trinajstić information content (AvgIpc) is 3.09. The van der Waals surface area contributed by atoms with Crippen molar-refractivity contribution in [3.63, 3.8) is 0 Å². The molecule has 0 radical (unpaired) electrons. The van der Waals surface area contributed by atoms with Crippen molar-refractivity contribution in [3.05, 3.63) is 52.5 Å². The maximum Gasteiger partial charge on any atom is 0.291 e. The van der Waals surface area contributed by atoms with Gasteiger partial charge >= 0.3 is 0 Å². The van der Waals surface area contributed by atoms with Crippen LogP contribution in [0.25, 0.3) is 0 Å². The van der Waals surface area contributed by atoms with E-state index in [9.17, 15) is 14.7 Å². The largest absolute Gasteiger partial charge is 0.507 e. The number of aryl methyl sites for hydroxylation is 1. The summed E-state index contributed by atoms with van der Waals surface area (Å²) < 4.78 is 5.77. The summed E-state index contributed by atoms with van der Waals surface area (Å²) in [6.45, 7) is 1.25. The lowest BCUT2D eigenvalue weighted by molar-refractivity contribution is 0.0760. The number of hydrogen-bond donors (Lipinski definition) is 2. The van der Waals surface area contributed by atoms with E-state index >= 15 is 0 Å². The summed E-state index contributed by atoms with van der Waals surface area (Å²) in [5.41, 5.74) is 4.30. The standard InChI is InChI=1S/C21H19N5O4/c1-13-18-15(24-25-20(28)14-5-2-3-7-16(14)27)6-4-8-17(18)30-19(13)21(29)26(11-9-22)12-10-23/h2-3,5,7,27H,4,6,8,11-12H2,1H3,(H,25,28)/b24-15+. The number of nitrogens with zero attached hydrogens (tertiary/aromatic N) is 4. The summed E-state index contributed by atoms with van der Waals surface area (Å²) in [5, 5.41) is 31.8. The normalized spacial score (nSPS) is 13.8. The average molecular weight is 405 g/mol. The molecule has 0 saturated carbocycles. The minimum atomic E-state index is -0.556. The first kappa shape index (κ1) is 20.6. The zero-order valence-electron chi connectivity index (χ0n) is 16.3. The number of carbonyl (C=O) groups is 2. The topological polar surface area (TPSA) is 143 Å². The predicted molar refractivity (Wildman–Crippen MR) is 106 cm³/mol. The van der Waals surface area contributed by atoms with Gasteiger partial charge in [-0.2, -0.15) is 15.6 Å². The number of phenols is 1. The number of amides is 2. The van der Waals surface area contributed by atoms with Gasteiger partial charge in [-0.25, -0.2) is 5.43 Å². The van der Waals surface area contributed by atoms with Crippen LogP contribution in [0.5, 0.6) is 5.75 Å². The van der Waals surface area contributed by atoms with Crippen molar-refractivity contribution in [2.24, 2.45) is 5.10 Å². The third kappa shape index (κ3) is 4.01. The molecule has 0 spiro atoms. The van der Waals surface area contributed by atoms with Gasteiger partial charge in [0.25, 0.3) is 11.8 Å². The Morgan fingerprint density at radius 3 is 2.60 bits per heavy atom. The first-order chi connectivity index (χ1) is 14.5. The van der Waals surface area contributed by atoms with Crippen molar-refractivity contribution in [1.29, 1.82) is 10.5 Å². The van der Waals surface area contributed by atoms with Crippen LogP contribution < -0.4 is 5.43 Å². The van der Waals surface area contributed by atoms with Crippen molar-refractivity contribution in [1.82, 2.24) is 10.3 Å². The minimum Gasteiger partial charge on any atom is -0.507 e. The molecule has 0 atom stereocenters. The Kier molecular flexibility index (Phi) is 6.14. The van der Waals surface area contributed by atoms with Gasteiger partial charge in [-0.15, -0.1) is 0 Å². The maximum absolute atomic E-state index is 12.8. The van der Waals surface area contributed by atoms with Gasteiger partial charge in [0.05, 0.1) is 23.4 Å². The Labute approximate surface area is 172 Å². The van der Waals surface area contributed by atoms with Crippen LogP contribution in [0.1, 0.15) is 50.6 Å². The van der Waals surface area contributed by atoms with E-state index in [0.29, 0.717) is 35.4 Å². The number of rotatable bonds is 5. The molecule has 0 saturated heterocycles. The molecular weight excluding hydrogens is 386 g/mol. The molecule has 1 aromatic heterocycles. The lowest BCUT2D eigenvalue weighted by Crippen LogP contribution is -2.32.